The summed E-state index contributed by atoms with van der Waals surface area (Å²) in [6.45, 7) is -0.739. The molecule has 8 nitrogen and oxygen atoms in total. The van der Waals surface area contributed by atoms with Gasteiger partial charge >= 0.3 is 0 Å². The third-order valence-electron chi connectivity index (χ3n) is 5.38. The largest absolute Gasteiger partial charge is 0.394 e. The van der Waals surface area contributed by atoms with E-state index in [2.05, 4.69) is 5.32 Å². The van der Waals surface area contributed by atoms with Crippen molar-refractivity contribution in [1.29, 1.82) is 0 Å². The van der Waals surface area contributed by atoms with E-state index in [4.69, 9.17) is 10.1 Å². The van der Waals surface area contributed by atoms with Crippen LogP contribution in [0.25, 0.3) is 5.70 Å². The van der Waals surface area contributed by atoms with Crippen LogP contribution < -0.4 is 5.32 Å². The highest BCUT2D eigenvalue weighted by Gasteiger charge is 2.44. The summed E-state index contributed by atoms with van der Waals surface area (Å²) in [7, 11) is 0. The second-order valence-corrected chi connectivity index (χ2v) is 8.25. The van der Waals surface area contributed by atoms with E-state index < -0.39 is 43.4 Å². The summed E-state index contributed by atoms with van der Waals surface area (Å²) >= 11 is 1.41. The number of aliphatic imine (C=N–C) groups is 1. The van der Waals surface area contributed by atoms with Crippen molar-refractivity contribution in [2.75, 3.05) is 6.61 Å². The summed E-state index contributed by atoms with van der Waals surface area (Å²) in [6.07, 6.45) is -7.84. The number of rotatable bonds is 7. The zero-order valence-electron chi connectivity index (χ0n) is 16.6. The molecule has 0 fully saturated rings. The topological polar surface area (TPSA) is 129 Å². The van der Waals surface area contributed by atoms with Crippen LogP contribution in [-0.4, -0.2) is 72.8 Å². The number of nitrogens with zero attached hydrogens (tertiary/aromatic N) is 2. The molecule has 0 bridgehead atoms. The summed E-state index contributed by atoms with van der Waals surface area (Å²) in [5.41, 5.74) is 2.57. The fourth-order valence-corrected chi connectivity index (χ4v) is 4.63. The molecule has 0 radical (unpaired) electrons. The molecule has 0 unspecified atom stereocenters. The maximum absolute atomic E-state index is 11.0. The van der Waals surface area contributed by atoms with Gasteiger partial charge in [0, 0.05) is 5.41 Å². The first-order valence-electron chi connectivity index (χ1n) is 9.94. The normalized spacial score (nSPS) is 24.6. The van der Waals surface area contributed by atoms with E-state index in [-0.39, 0.29) is 0 Å². The Morgan fingerprint density at radius 3 is 2.23 bits per heavy atom. The molecule has 2 heterocycles. The molecule has 31 heavy (non-hydrogen) atoms. The molecule has 0 amide bonds. The maximum atomic E-state index is 11.0. The molecule has 0 saturated heterocycles. The number of hydrogen-bond donors (Lipinski definition) is 6. The van der Waals surface area contributed by atoms with Crippen molar-refractivity contribution in [3.05, 3.63) is 77.2 Å². The molecular weight excluding hydrogens is 418 g/mol. The third-order valence-corrected chi connectivity index (χ3v) is 6.23. The van der Waals surface area contributed by atoms with Crippen LogP contribution in [0.4, 0.5) is 0 Å². The lowest BCUT2D eigenvalue weighted by atomic mass is 9.99. The second-order valence-electron chi connectivity index (χ2n) is 7.42. The van der Waals surface area contributed by atoms with Crippen molar-refractivity contribution in [3.63, 3.8) is 0 Å². The predicted molar refractivity (Wildman–Crippen MR) is 119 cm³/mol. The van der Waals surface area contributed by atoms with Gasteiger partial charge in [-0.25, -0.2) is 4.99 Å². The Kier molecular flexibility index (Phi) is 6.73. The van der Waals surface area contributed by atoms with E-state index in [1.807, 2.05) is 66.1 Å². The summed E-state index contributed by atoms with van der Waals surface area (Å²) in [4.78, 5) is 6.56. The van der Waals surface area contributed by atoms with Crippen molar-refractivity contribution < 1.29 is 25.5 Å². The van der Waals surface area contributed by atoms with Gasteiger partial charge in [0.2, 0.25) is 0 Å². The highest BCUT2D eigenvalue weighted by atomic mass is 32.2. The molecule has 2 aromatic rings. The average Bonchev–Trinajstić information content (AvgIpc) is 3.26. The zero-order chi connectivity index (χ0) is 22.0. The van der Waals surface area contributed by atoms with Crippen molar-refractivity contribution in [2.45, 2.75) is 36.7 Å². The minimum absolute atomic E-state index is 0.477. The van der Waals surface area contributed by atoms with Crippen LogP contribution in [0.1, 0.15) is 17.3 Å². The fourth-order valence-electron chi connectivity index (χ4n) is 3.67. The second kappa shape index (κ2) is 9.49. The Labute approximate surface area is 184 Å². The highest BCUT2D eigenvalue weighted by Crippen LogP contribution is 2.39. The first kappa shape index (κ1) is 22.0. The van der Waals surface area contributed by atoms with Gasteiger partial charge in [-0.2, -0.15) is 0 Å². The van der Waals surface area contributed by atoms with E-state index in [9.17, 15) is 20.4 Å². The van der Waals surface area contributed by atoms with Gasteiger partial charge in [0.1, 0.15) is 36.7 Å². The van der Waals surface area contributed by atoms with Crippen molar-refractivity contribution in [3.8, 4) is 0 Å². The minimum Gasteiger partial charge on any atom is -0.394 e. The van der Waals surface area contributed by atoms with Crippen molar-refractivity contribution in [1.82, 2.24) is 10.2 Å². The Morgan fingerprint density at radius 2 is 1.58 bits per heavy atom. The Hall–Kier alpha value is -2.24. The molecule has 9 heteroatoms. The number of benzene rings is 2. The molecule has 6 N–H and O–H groups in total. The lowest BCUT2D eigenvalue weighted by molar-refractivity contribution is -0.129. The molecule has 0 saturated carbocycles. The first-order chi connectivity index (χ1) is 15.0. The highest BCUT2D eigenvalue weighted by molar-refractivity contribution is 8.16. The van der Waals surface area contributed by atoms with E-state index in [1.54, 1.807) is 4.90 Å². The first-order valence-corrected chi connectivity index (χ1v) is 10.8. The van der Waals surface area contributed by atoms with Gasteiger partial charge in [-0.15, -0.1) is 0 Å². The Balaban J connectivity index is 1.69. The average molecular weight is 444 g/mol. The molecule has 0 spiro atoms. The molecule has 2 aliphatic heterocycles. The number of nitrogens with one attached hydrogen (secondary N) is 1. The van der Waals surface area contributed by atoms with Crippen LogP contribution >= 0.6 is 11.8 Å². The smallest absolute Gasteiger partial charge is 0.171 e. The van der Waals surface area contributed by atoms with E-state index in [1.165, 1.54) is 11.8 Å². The van der Waals surface area contributed by atoms with Gasteiger partial charge in [-0.1, -0.05) is 72.4 Å². The molecule has 164 valence electrons. The summed E-state index contributed by atoms with van der Waals surface area (Å²) in [5, 5.41) is 56.5. The lowest BCUT2D eigenvalue weighted by Crippen LogP contribution is -2.62. The Bertz CT molecular complexity index is 943. The quantitative estimate of drug-likeness (QED) is 0.364. The number of aliphatic hydroxyl groups is 5. The molecule has 2 aromatic carbocycles. The minimum atomic E-state index is -1.72. The van der Waals surface area contributed by atoms with Gasteiger partial charge in [-0.05, 0) is 11.1 Å². The number of amidine groups is 1. The van der Waals surface area contributed by atoms with Crippen LogP contribution in [0, 0.1) is 0 Å². The molecule has 0 aliphatic carbocycles. The van der Waals surface area contributed by atoms with Crippen molar-refractivity contribution >= 4 is 22.6 Å². The standard InChI is InChI=1S/C22H25N3O5S/c26-11-16(27)17(28)18(29)19(30)21-23-20(14-9-5-2-6-10-14)24-22-25(21)15(12-31-22)13-7-3-1-4-8-13/h1-10,12,16-21,23,26-30H,11H2/t16-,17-,18+,19-,20-,21+/m1/s1. The van der Waals surface area contributed by atoms with Crippen molar-refractivity contribution in [2.24, 2.45) is 4.99 Å². The molecule has 4 rings (SSSR count). The van der Waals surface area contributed by atoms with Gasteiger partial charge in [0.25, 0.3) is 0 Å². The molecule has 2 aliphatic rings. The lowest BCUT2D eigenvalue weighted by Gasteiger charge is -2.42. The summed E-state index contributed by atoms with van der Waals surface area (Å²) < 4.78 is 0. The van der Waals surface area contributed by atoms with Gasteiger partial charge in [0.05, 0.1) is 12.3 Å². The maximum Gasteiger partial charge on any atom is 0.171 e. The number of aliphatic hydroxyl groups excluding tert-OH is 5. The van der Waals surface area contributed by atoms with Crippen LogP contribution in [0.3, 0.4) is 0 Å². The molecule has 6 atom stereocenters. The van der Waals surface area contributed by atoms with Crippen LogP contribution in [0.15, 0.2) is 71.1 Å². The van der Waals surface area contributed by atoms with Crippen LogP contribution in [0.5, 0.6) is 0 Å². The summed E-state index contributed by atoms with van der Waals surface area (Å²) in [5.74, 6) is 0. The van der Waals surface area contributed by atoms with E-state index in [0.717, 1.165) is 16.8 Å². The number of thioether (sulfide) groups is 1. The van der Waals surface area contributed by atoms with Crippen LogP contribution in [-0.2, 0) is 0 Å². The number of fused-ring (bicyclic) bond motifs is 1. The predicted octanol–water partition coefficient (Wildman–Crippen LogP) is 0.454. The van der Waals surface area contributed by atoms with Gasteiger partial charge in [0.15, 0.2) is 5.17 Å². The Morgan fingerprint density at radius 1 is 0.935 bits per heavy atom. The number of hydrogen-bond acceptors (Lipinski definition) is 9. The van der Waals surface area contributed by atoms with E-state index in [0.29, 0.717) is 5.17 Å². The van der Waals surface area contributed by atoms with Gasteiger partial charge < -0.3 is 30.4 Å². The SMILES string of the molecule is OC[C@@H](O)[C@@H](O)[C@H](O)[C@@H](O)[C@H]1N[C@@H](c2ccccc2)N=C2SC=C(c3ccccc3)N21. The molecule has 0 aromatic heterocycles. The van der Waals surface area contributed by atoms with Gasteiger partial charge in [-0.3, -0.25) is 5.32 Å². The van der Waals surface area contributed by atoms with E-state index >= 15 is 0 Å². The van der Waals surface area contributed by atoms with Crippen LogP contribution in [0.2, 0.25) is 0 Å². The monoisotopic (exact) mass is 443 g/mol. The third kappa shape index (κ3) is 4.39. The molecular formula is C22H25N3O5S. The summed E-state index contributed by atoms with van der Waals surface area (Å²) in [6, 6.07) is 19.1. The zero-order valence-corrected chi connectivity index (χ0v) is 17.4. The fraction of sp³-hybridized carbons (Fsp3) is 0.318.